The van der Waals surface area contributed by atoms with Crippen molar-refractivity contribution in [1.29, 1.82) is 0 Å². The molecule has 0 aliphatic carbocycles. The van der Waals surface area contributed by atoms with Crippen LogP contribution in [0.25, 0.3) is 0 Å². The summed E-state index contributed by atoms with van der Waals surface area (Å²) < 4.78 is 38.3. The third kappa shape index (κ3) is 1.66. The molecule has 0 aliphatic heterocycles. The normalized spacial score (nSPS) is 10.4. The van der Waals surface area contributed by atoms with Crippen molar-refractivity contribution in [2.24, 2.45) is 0 Å². The van der Waals surface area contributed by atoms with E-state index in [1.165, 1.54) is 0 Å². The van der Waals surface area contributed by atoms with Gasteiger partial charge in [0.25, 0.3) is 0 Å². The van der Waals surface area contributed by atoms with E-state index >= 15 is 0 Å². The Morgan fingerprint density at radius 2 is 1.71 bits per heavy atom. The lowest BCUT2D eigenvalue weighted by molar-refractivity contribution is 0.101. The summed E-state index contributed by atoms with van der Waals surface area (Å²) in [6.07, 6.45) is 0. The highest BCUT2D eigenvalue weighted by Gasteiger charge is 2.24. The van der Waals surface area contributed by atoms with E-state index in [4.69, 9.17) is 11.6 Å². The molecule has 0 fully saturated rings. The maximum absolute atomic E-state index is 13.1. The largest absolute Gasteiger partial charge is 0.294 e. The molecule has 0 amide bonds. The molecule has 0 saturated carbocycles. The van der Waals surface area contributed by atoms with Gasteiger partial charge in [-0.15, -0.1) is 0 Å². The molecular weight excluding hydrogens is 284 g/mol. The number of hydrogen-bond acceptors (Lipinski definition) is 1. The maximum Gasteiger partial charge on any atom is 0.176 e. The highest BCUT2D eigenvalue weighted by atomic mass is 79.9. The van der Waals surface area contributed by atoms with Gasteiger partial charge in [0.05, 0.1) is 15.1 Å². The van der Waals surface area contributed by atoms with Crippen molar-refractivity contribution in [3.05, 3.63) is 32.5 Å². The number of benzene rings is 1. The topological polar surface area (TPSA) is 17.1 Å². The zero-order valence-electron chi connectivity index (χ0n) is 6.80. The zero-order valence-corrected chi connectivity index (χ0v) is 9.14. The molecule has 0 radical (unpaired) electrons. The van der Waals surface area contributed by atoms with Gasteiger partial charge in [-0.1, -0.05) is 11.6 Å². The van der Waals surface area contributed by atoms with Crippen molar-refractivity contribution in [2.75, 3.05) is 0 Å². The first-order valence-electron chi connectivity index (χ1n) is 3.40. The summed E-state index contributed by atoms with van der Waals surface area (Å²) >= 11 is 7.82. The van der Waals surface area contributed by atoms with E-state index in [1.54, 1.807) is 0 Å². The summed E-state index contributed by atoms with van der Waals surface area (Å²) in [5.41, 5.74) is -0.773. The fourth-order valence-electron chi connectivity index (χ4n) is 0.914. The van der Waals surface area contributed by atoms with Gasteiger partial charge in [-0.3, -0.25) is 4.79 Å². The molecule has 0 bridgehead atoms. The summed E-state index contributed by atoms with van der Waals surface area (Å²) in [4.78, 5) is 10.8. The highest BCUT2D eigenvalue weighted by Crippen LogP contribution is 2.32. The molecule has 76 valence electrons. The number of halogens is 5. The Hall–Kier alpha value is -0.550. The van der Waals surface area contributed by atoms with Gasteiger partial charge in [0, 0.05) is 0 Å². The molecule has 0 N–H and O–H groups in total. The van der Waals surface area contributed by atoms with Gasteiger partial charge in [-0.25, -0.2) is 13.2 Å². The molecule has 6 heteroatoms. The van der Waals surface area contributed by atoms with Crippen molar-refractivity contribution in [2.45, 2.75) is 6.92 Å². The second-order valence-electron chi connectivity index (χ2n) is 2.50. The van der Waals surface area contributed by atoms with Crippen molar-refractivity contribution >= 4 is 33.3 Å². The van der Waals surface area contributed by atoms with Crippen molar-refractivity contribution < 1.29 is 18.0 Å². The molecule has 14 heavy (non-hydrogen) atoms. The molecule has 0 atom stereocenters. The van der Waals surface area contributed by atoms with E-state index in [1.807, 2.05) is 0 Å². The first-order valence-corrected chi connectivity index (χ1v) is 4.57. The van der Waals surface area contributed by atoms with Gasteiger partial charge in [-0.2, -0.15) is 0 Å². The van der Waals surface area contributed by atoms with Crippen LogP contribution in [0.5, 0.6) is 0 Å². The van der Waals surface area contributed by atoms with Gasteiger partial charge in [0.15, 0.2) is 23.2 Å². The predicted molar refractivity (Wildman–Crippen MR) is 49.0 cm³/mol. The van der Waals surface area contributed by atoms with Gasteiger partial charge < -0.3 is 0 Å². The Labute approximate surface area is 91.0 Å². The van der Waals surface area contributed by atoms with Crippen LogP contribution in [0, 0.1) is 17.5 Å². The molecule has 0 heterocycles. The van der Waals surface area contributed by atoms with E-state index < -0.39 is 38.3 Å². The second kappa shape index (κ2) is 3.90. The number of carbonyl (C=O) groups excluding carboxylic acids is 1. The summed E-state index contributed by atoms with van der Waals surface area (Å²) in [5, 5.41) is -0.719. The lowest BCUT2D eigenvalue weighted by Crippen LogP contribution is -2.05. The van der Waals surface area contributed by atoms with Crippen LogP contribution in [-0.4, -0.2) is 5.78 Å². The first kappa shape index (κ1) is 11.5. The van der Waals surface area contributed by atoms with Crippen LogP contribution < -0.4 is 0 Å². The standard InChI is InChI=1S/C8H3BrClF3O/c1-2(14)3-5(10)7(12)4(9)8(13)6(3)11/h1H3. The molecule has 0 saturated heterocycles. The minimum absolute atomic E-state index is 0.718. The summed E-state index contributed by atoms with van der Waals surface area (Å²) in [6.45, 7) is 0.969. The van der Waals surface area contributed by atoms with Crippen molar-refractivity contribution in [1.82, 2.24) is 0 Å². The van der Waals surface area contributed by atoms with Crippen molar-refractivity contribution in [3.63, 3.8) is 0 Å². The maximum atomic E-state index is 13.1. The van der Waals surface area contributed by atoms with Crippen LogP contribution in [0.3, 0.4) is 0 Å². The van der Waals surface area contributed by atoms with Crippen molar-refractivity contribution in [3.8, 4) is 0 Å². The quantitative estimate of drug-likeness (QED) is 0.437. The van der Waals surface area contributed by atoms with E-state index in [9.17, 15) is 18.0 Å². The minimum atomic E-state index is -1.46. The first-order chi connectivity index (χ1) is 6.37. The number of rotatable bonds is 1. The summed E-state index contributed by atoms with van der Waals surface area (Å²) in [6, 6.07) is 0. The van der Waals surface area contributed by atoms with Gasteiger partial charge in [0.2, 0.25) is 0 Å². The van der Waals surface area contributed by atoms with Crippen LogP contribution >= 0.6 is 27.5 Å². The average molecular weight is 287 g/mol. The summed E-state index contributed by atoms with van der Waals surface area (Å²) in [7, 11) is 0. The van der Waals surface area contributed by atoms with Gasteiger partial charge in [0.1, 0.15) is 0 Å². The smallest absolute Gasteiger partial charge is 0.176 e. The van der Waals surface area contributed by atoms with E-state index in [0.29, 0.717) is 0 Å². The molecule has 1 aromatic carbocycles. The number of ketones is 1. The zero-order chi connectivity index (χ0) is 11.0. The third-order valence-corrected chi connectivity index (χ3v) is 2.61. The SMILES string of the molecule is CC(=O)c1c(F)c(F)c(Br)c(F)c1Cl. The second-order valence-corrected chi connectivity index (χ2v) is 3.67. The number of carbonyl (C=O) groups is 1. The minimum Gasteiger partial charge on any atom is -0.294 e. The molecule has 0 aliphatic rings. The molecule has 1 aromatic rings. The Morgan fingerprint density at radius 1 is 1.21 bits per heavy atom. The highest BCUT2D eigenvalue weighted by molar-refractivity contribution is 9.10. The Kier molecular flexibility index (Phi) is 3.21. The van der Waals surface area contributed by atoms with Crippen LogP contribution in [0.2, 0.25) is 5.02 Å². The summed E-state index contributed by atoms with van der Waals surface area (Å²) in [5.74, 6) is -4.93. The predicted octanol–water partition coefficient (Wildman–Crippen LogP) is 3.72. The van der Waals surface area contributed by atoms with Crippen LogP contribution in [0.1, 0.15) is 17.3 Å². The molecular formula is C8H3BrClF3O. The molecule has 1 nitrogen and oxygen atoms in total. The monoisotopic (exact) mass is 286 g/mol. The van der Waals surface area contributed by atoms with Crippen LogP contribution in [-0.2, 0) is 0 Å². The Bertz CT molecular complexity index is 391. The molecule has 0 aromatic heterocycles. The third-order valence-electron chi connectivity index (χ3n) is 1.56. The van der Waals surface area contributed by atoms with Crippen LogP contribution in [0.4, 0.5) is 13.2 Å². The van der Waals surface area contributed by atoms with Gasteiger partial charge in [-0.05, 0) is 22.9 Å². The van der Waals surface area contributed by atoms with E-state index in [-0.39, 0.29) is 0 Å². The number of hydrogen-bond donors (Lipinski definition) is 0. The fraction of sp³-hybridized carbons (Fsp3) is 0.125. The fourth-order valence-corrected chi connectivity index (χ4v) is 1.71. The van der Waals surface area contributed by atoms with E-state index in [0.717, 1.165) is 6.92 Å². The Morgan fingerprint density at radius 3 is 2.14 bits per heavy atom. The Balaban J connectivity index is 3.68. The number of Topliss-reactive ketones (excluding diaryl/α,β-unsaturated/α-hetero) is 1. The van der Waals surface area contributed by atoms with Gasteiger partial charge >= 0.3 is 0 Å². The molecule has 0 unspecified atom stereocenters. The lowest BCUT2D eigenvalue weighted by atomic mass is 10.1. The molecule has 0 spiro atoms. The lowest BCUT2D eigenvalue weighted by Gasteiger charge is -2.06. The van der Waals surface area contributed by atoms with Crippen LogP contribution in [0.15, 0.2) is 4.47 Å². The van der Waals surface area contributed by atoms with E-state index in [2.05, 4.69) is 15.9 Å². The average Bonchev–Trinajstić information content (AvgIpc) is 2.11. The molecule has 1 rings (SSSR count).